The number of hydrogen-bond acceptors (Lipinski definition) is 6. The van der Waals surface area contributed by atoms with Crippen LogP contribution in [-0.2, 0) is 0 Å². The van der Waals surface area contributed by atoms with Crippen LogP contribution in [0, 0.1) is 0 Å². The minimum Gasteiger partial charge on any atom is -0.351 e. The Morgan fingerprint density at radius 1 is 0.643 bits per heavy atom. The lowest BCUT2D eigenvalue weighted by Gasteiger charge is -2.08. The van der Waals surface area contributed by atoms with Crippen molar-refractivity contribution in [2.75, 3.05) is 39.3 Å². The van der Waals surface area contributed by atoms with Crippen LogP contribution in [0.25, 0.3) is 0 Å². The van der Waals surface area contributed by atoms with Gasteiger partial charge in [-0.05, 0) is 50.2 Å². The number of carbonyl (C=O) groups excluding carboxylic acids is 2. The maximum atomic E-state index is 11.8. The molecule has 150 valence electrons. The van der Waals surface area contributed by atoms with Crippen molar-refractivity contribution in [2.24, 2.45) is 0 Å². The Balaban J connectivity index is 1.36. The van der Waals surface area contributed by atoms with Crippen LogP contribution in [0.1, 0.15) is 33.8 Å². The summed E-state index contributed by atoms with van der Waals surface area (Å²) in [6.45, 7) is 4.62. The van der Waals surface area contributed by atoms with Crippen LogP contribution >= 0.6 is 0 Å². The molecule has 4 N–H and O–H groups in total. The second kappa shape index (κ2) is 13.3. The van der Waals surface area contributed by atoms with Gasteiger partial charge in [-0.1, -0.05) is 12.1 Å². The van der Waals surface area contributed by atoms with Gasteiger partial charge < -0.3 is 21.3 Å². The van der Waals surface area contributed by atoms with Crippen molar-refractivity contribution < 1.29 is 9.59 Å². The van der Waals surface area contributed by atoms with E-state index in [0.717, 1.165) is 39.0 Å². The van der Waals surface area contributed by atoms with Crippen LogP contribution in [0.3, 0.4) is 0 Å². The number of amides is 2. The first-order chi connectivity index (χ1) is 13.8. The SMILES string of the molecule is O=C(NCCCNCCNCCCNC(=O)c1ccccn1)c1ccccn1. The summed E-state index contributed by atoms with van der Waals surface area (Å²) in [7, 11) is 0. The summed E-state index contributed by atoms with van der Waals surface area (Å²) in [5.74, 6) is -0.283. The third-order valence-corrected chi connectivity index (χ3v) is 3.91. The minimum atomic E-state index is -0.141. The molecule has 0 fully saturated rings. The van der Waals surface area contributed by atoms with Gasteiger partial charge in [0.1, 0.15) is 11.4 Å². The summed E-state index contributed by atoms with van der Waals surface area (Å²) >= 11 is 0. The van der Waals surface area contributed by atoms with E-state index in [4.69, 9.17) is 0 Å². The molecular formula is C20H28N6O2. The van der Waals surface area contributed by atoms with Crippen molar-refractivity contribution in [1.82, 2.24) is 31.2 Å². The van der Waals surface area contributed by atoms with Crippen molar-refractivity contribution in [3.8, 4) is 0 Å². The number of nitrogens with one attached hydrogen (secondary N) is 4. The first kappa shape index (κ1) is 21.5. The predicted molar refractivity (Wildman–Crippen MR) is 108 cm³/mol. The van der Waals surface area contributed by atoms with Gasteiger partial charge in [0.05, 0.1) is 0 Å². The van der Waals surface area contributed by atoms with E-state index in [0.29, 0.717) is 24.5 Å². The molecule has 0 aliphatic carbocycles. The largest absolute Gasteiger partial charge is 0.351 e. The molecule has 8 nitrogen and oxygen atoms in total. The maximum absolute atomic E-state index is 11.8. The topological polar surface area (TPSA) is 108 Å². The molecule has 0 unspecified atom stereocenters. The van der Waals surface area contributed by atoms with Crippen LogP contribution in [0.4, 0.5) is 0 Å². The van der Waals surface area contributed by atoms with E-state index in [1.165, 1.54) is 0 Å². The molecule has 0 aliphatic heterocycles. The van der Waals surface area contributed by atoms with Gasteiger partial charge in [0.25, 0.3) is 11.8 Å². The lowest BCUT2D eigenvalue weighted by molar-refractivity contribution is 0.0940. The first-order valence-corrected chi connectivity index (χ1v) is 9.57. The molecule has 2 rings (SSSR count). The van der Waals surface area contributed by atoms with E-state index in [9.17, 15) is 9.59 Å². The Morgan fingerprint density at radius 3 is 1.50 bits per heavy atom. The molecule has 2 heterocycles. The van der Waals surface area contributed by atoms with Crippen molar-refractivity contribution >= 4 is 11.8 Å². The number of pyridine rings is 2. The summed E-state index contributed by atoms with van der Waals surface area (Å²) in [5.41, 5.74) is 0.881. The highest BCUT2D eigenvalue weighted by molar-refractivity contribution is 5.92. The molecule has 0 aromatic carbocycles. The lowest BCUT2D eigenvalue weighted by atomic mass is 10.3. The van der Waals surface area contributed by atoms with Crippen LogP contribution in [-0.4, -0.2) is 61.1 Å². The highest BCUT2D eigenvalue weighted by Gasteiger charge is 2.05. The van der Waals surface area contributed by atoms with Crippen LogP contribution < -0.4 is 21.3 Å². The summed E-state index contributed by atoms with van der Waals surface area (Å²) in [4.78, 5) is 31.6. The highest BCUT2D eigenvalue weighted by atomic mass is 16.2. The second-order valence-corrected chi connectivity index (χ2v) is 6.15. The second-order valence-electron chi connectivity index (χ2n) is 6.15. The lowest BCUT2D eigenvalue weighted by Crippen LogP contribution is -2.32. The smallest absolute Gasteiger partial charge is 0.269 e. The van der Waals surface area contributed by atoms with E-state index in [1.54, 1.807) is 48.8 Å². The van der Waals surface area contributed by atoms with Gasteiger partial charge >= 0.3 is 0 Å². The number of hydrogen-bond donors (Lipinski definition) is 4. The fourth-order valence-electron chi connectivity index (χ4n) is 2.43. The Labute approximate surface area is 165 Å². The molecule has 2 amide bonds. The molecule has 0 bridgehead atoms. The predicted octanol–water partition coefficient (Wildman–Crippen LogP) is 0.596. The number of aromatic nitrogens is 2. The van der Waals surface area contributed by atoms with Gasteiger partial charge in [-0.2, -0.15) is 0 Å². The van der Waals surface area contributed by atoms with Crippen molar-refractivity contribution in [3.05, 3.63) is 60.2 Å². The van der Waals surface area contributed by atoms with E-state index < -0.39 is 0 Å². The number of rotatable bonds is 13. The Bertz CT molecular complexity index is 635. The Morgan fingerprint density at radius 2 is 1.11 bits per heavy atom. The molecule has 2 aromatic rings. The maximum Gasteiger partial charge on any atom is 0.269 e. The first-order valence-electron chi connectivity index (χ1n) is 9.57. The normalized spacial score (nSPS) is 10.4. The van der Waals surface area contributed by atoms with Gasteiger partial charge in [0.2, 0.25) is 0 Å². The summed E-state index contributed by atoms with van der Waals surface area (Å²) < 4.78 is 0. The van der Waals surface area contributed by atoms with Crippen LogP contribution in [0.15, 0.2) is 48.8 Å². The van der Waals surface area contributed by atoms with Crippen LogP contribution in [0.2, 0.25) is 0 Å². The standard InChI is InChI=1S/C20H28N6O2/c27-19(17-7-1-3-11-23-17)25-13-5-9-21-15-16-22-10-6-14-26-20(28)18-8-2-4-12-24-18/h1-4,7-8,11-12,21-22H,5-6,9-10,13-16H2,(H,25,27)(H,26,28). The summed E-state index contributed by atoms with van der Waals surface area (Å²) in [6, 6.07) is 10.6. The van der Waals surface area contributed by atoms with Gasteiger partial charge in [-0.25, -0.2) is 0 Å². The van der Waals surface area contributed by atoms with E-state index in [2.05, 4.69) is 31.2 Å². The van der Waals surface area contributed by atoms with E-state index >= 15 is 0 Å². The fourth-order valence-corrected chi connectivity index (χ4v) is 2.43. The molecule has 28 heavy (non-hydrogen) atoms. The van der Waals surface area contributed by atoms with Gasteiger partial charge in [-0.15, -0.1) is 0 Å². The highest BCUT2D eigenvalue weighted by Crippen LogP contribution is 1.93. The van der Waals surface area contributed by atoms with E-state index in [1.807, 2.05) is 0 Å². The van der Waals surface area contributed by atoms with Crippen LogP contribution in [0.5, 0.6) is 0 Å². The van der Waals surface area contributed by atoms with Crippen molar-refractivity contribution in [2.45, 2.75) is 12.8 Å². The molecule has 0 spiro atoms. The Kier molecular flexibility index (Phi) is 10.2. The average molecular weight is 384 g/mol. The Hall–Kier alpha value is -2.84. The minimum absolute atomic E-state index is 0.141. The zero-order valence-electron chi connectivity index (χ0n) is 16.0. The molecular weight excluding hydrogens is 356 g/mol. The molecule has 0 aliphatic rings. The molecule has 0 saturated carbocycles. The molecule has 0 saturated heterocycles. The van der Waals surface area contributed by atoms with Gasteiger partial charge in [0, 0.05) is 38.6 Å². The third-order valence-electron chi connectivity index (χ3n) is 3.91. The fraction of sp³-hybridized carbons (Fsp3) is 0.400. The molecule has 2 aromatic heterocycles. The monoisotopic (exact) mass is 384 g/mol. The van der Waals surface area contributed by atoms with Crippen molar-refractivity contribution in [1.29, 1.82) is 0 Å². The average Bonchev–Trinajstić information content (AvgIpc) is 2.75. The number of nitrogens with zero attached hydrogens (tertiary/aromatic N) is 2. The zero-order valence-corrected chi connectivity index (χ0v) is 16.0. The third kappa shape index (κ3) is 8.70. The van der Waals surface area contributed by atoms with Gasteiger partial charge in [0.15, 0.2) is 0 Å². The molecule has 0 atom stereocenters. The van der Waals surface area contributed by atoms with E-state index in [-0.39, 0.29) is 11.8 Å². The van der Waals surface area contributed by atoms with Gasteiger partial charge in [-0.3, -0.25) is 19.6 Å². The number of carbonyl (C=O) groups is 2. The van der Waals surface area contributed by atoms with Crippen molar-refractivity contribution in [3.63, 3.8) is 0 Å². The summed E-state index contributed by atoms with van der Waals surface area (Å²) in [5, 5.41) is 12.3. The quantitative estimate of drug-likeness (QED) is 0.377. The molecule has 8 heteroatoms. The molecule has 0 radical (unpaired) electrons. The summed E-state index contributed by atoms with van der Waals surface area (Å²) in [6.07, 6.45) is 4.94. The zero-order chi connectivity index (χ0) is 19.9.